The molecular weight excluding hydrogens is 727 g/mol. The lowest BCUT2D eigenvalue weighted by atomic mass is 9.94. The molecule has 4 aromatic rings. The number of carbonyl (C=O) groups is 3. The van der Waals surface area contributed by atoms with Gasteiger partial charge in [0.25, 0.3) is 5.91 Å². The predicted octanol–water partition coefficient (Wildman–Crippen LogP) is 5.46. The van der Waals surface area contributed by atoms with E-state index >= 15 is 0 Å². The zero-order valence-electron chi connectivity index (χ0n) is 31.5. The van der Waals surface area contributed by atoms with E-state index in [9.17, 15) is 39.2 Å². The van der Waals surface area contributed by atoms with Crippen LogP contribution >= 0.6 is 0 Å². The maximum Gasteiger partial charge on any atom is 0.335 e. The van der Waals surface area contributed by atoms with Crippen LogP contribution in [-0.2, 0) is 35.1 Å². The second-order valence-electron chi connectivity index (χ2n) is 14.8. The van der Waals surface area contributed by atoms with Crippen molar-refractivity contribution < 1.29 is 58.1 Å². The van der Waals surface area contributed by atoms with Gasteiger partial charge in [-0.05, 0) is 73.7 Å². The zero-order chi connectivity index (χ0) is 40.3. The highest BCUT2D eigenvalue weighted by Crippen LogP contribution is 2.43. The number of anilines is 1. The number of ether oxygens (including phenoxy) is 4. The van der Waals surface area contributed by atoms with Gasteiger partial charge in [0.1, 0.15) is 24.1 Å². The normalized spacial score (nSPS) is 24.8. The first-order valence-electron chi connectivity index (χ1n) is 18.5. The Balaban J connectivity index is 1.31. The van der Waals surface area contributed by atoms with Crippen molar-refractivity contribution in [2.24, 2.45) is 0 Å². The fourth-order valence-corrected chi connectivity index (χ4v) is 7.52. The van der Waals surface area contributed by atoms with E-state index in [1.54, 1.807) is 26.0 Å². The fraction of sp³-hybridized carbons (Fsp3) is 0.405. The lowest BCUT2D eigenvalue weighted by Crippen LogP contribution is -2.60. The van der Waals surface area contributed by atoms with E-state index in [0.717, 1.165) is 17.0 Å². The van der Waals surface area contributed by atoms with Crippen LogP contribution in [0.3, 0.4) is 0 Å². The molecule has 14 heteroatoms. The summed E-state index contributed by atoms with van der Waals surface area (Å²) in [6, 6.07) is 24.9. The number of halogens is 1. The predicted molar refractivity (Wildman–Crippen MR) is 202 cm³/mol. The highest BCUT2D eigenvalue weighted by Gasteiger charge is 2.49. The Morgan fingerprint density at radius 2 is 1.50 bits per heavy atom. The van der Waals surface area contributed by atoms with Gasteiger partial charge in [-0.3, -0.25) is 9.59 Å². The molecule has 56 heavy (non-hydrogen) atoms. The molecule has 3 aromatic carbocycles. The number of carbonyl (C=O) groups excluding carboxylic acids is 2. The van der Waals surface area contributed by atoms with Gasteiger partial charge in [-0.15, -0.1) is 0 Å². The number of amides is 1. The first kappa shape index (κ1) is 40.7. The third-order valence-corrected chi connectivity index (χ3v) is 9.85. The molecule has 1 amide bonds. The van der Waals surface area contributed by atoms with Gasteiger partial charge >= 0.3 is 11.9 Å². The number of aliphatic hydroxyl groups is 3. The number of para-hydroxylation sites is 1. The van der Waals surface area contributed by atoms with Crippen molar-refractivity contribution in [3.63, 3.8) is 0 Å². The third-order valence-electron chi connectivity index (χ3n) is 9.85. The van der Waals surface area contributed by atoms with Gasteiger partial charge < -0.3 is 49.3 Å². The van der Waals surface area contributed by atoms with E-state index < -0.39 is 66.5 Å². The van der Waals surface area contributed by atoms with Crippen LogP contribution in [0.4, 0.5) is 10.1 Å². The van der Waals surface area contributed by atoms with Crippen LogP contribution in [0, 0.1) is 5.82 Å². The van der Waals surface area contributed by atoms with E-state index in [-0.39, 0.29) is 24.7 Å². The summed E-state index contributed by atoms with van der Waals surface area (Å²) >= 11 is 0. The lowest BCUT2D eigenvalue weighted by Gasteiger charge is -2.41. The van der Waals surface area contributed by atoms with E-state index in [1.165, 1.54) is 12.1 Å². The number of aliphatic carboxylic acids is 1. The number of esters is 1. The standard InChI is InChI=1S/C42H47FN2O11/c1-23(2)33-32(39(50)44-27-13-9-6-10-14-27)31(24-11-7-5-8-12-24)34(25-15-17-26(43)18-16-25)45(33)20-19-28-21-29(56-42(3,4)55-28)22-30(46)53-41-37(49)35(47)36(48)38(54-41)40(51)52/h5-18,23,28-29,35-38,41,47-49H,19-22H2,1-4H3,(H,44,50)(H,51,52)/t28-,29-,35+,36+,37-,38+,41-/m1/s1. The Bertz CT molecular complexity index is 2000. The van der Waals surface area contributed by atoms with Crippen LogP contribution in [0.2, 0.25) is 0 Å². The van der Waals surface area contributed by atoms with E-state index in [1.807, 2.05) is 74.5 Å². The summed E-state index contributed by atoms with van der Waals surface area (Å²) in [5.41, 5.74) is 4.80. The summed E-state index contributed by atoms with van der Waals surface area (Å²) in [6.45, 7) is 7.79. The first-order valence-corrected chi connectivity index (χ1v) is 18.5. The molecule has 1 aromatic heterocycles. The van der Waals surface area contributed by atoms with Gasteiger partial charge in [0.05, 0.1) is 29.9 Å². The molecular formula is C42H47FN2O11. The molecule has 0 aliphatic carbocycles. The Labute approximate surface area is 323 Å². The number of benzene rings is 3. The first-order chi connectivity index (χ1) is 26.6. The summed E-state index contributed by atoms with van der Waals surface area (Å²) in [5, 5.41) is 42.9. The number of hydrogen-bond acceptors (Lipinski definition) is 10. The van der Waals surface area contributed by atoms with Gasteiger partial charge in [-0.1, -0.05) is 62.4 Å². The Morgan fingerprint density at radius 1 is 0.875 bits per heavy atom. The maximum absolute atomic E-state index is 14.4. The number of carboxylic acids is 1. The van der Waals surface area contributed by atoms with Gasteiger partial charge in [0.15, 0.2) is 11.9 Å². The molecule has 2 saturated heterocycles. The molecule has 3 heterocycles. The van der Waals surface area contributed by atoms with Gasteiger partial charge in [-0.25, -0.2) is 9.18 Å². The molecule has 0 saturated carbocycles. The number of aliphatic hydroxyl groups excluding tert-OH is 3. The minimum absolute atomic E-state index is 0.143. The van der Waals surface area contributed by atoms with Crippen molar-refractivity contribution in [2.45, 2.75) is 108 Å². The summed E-state index contributed by atoms with van der Waals surface area (Å²) < 4.78 is 39.2. The molecule has 0 bridgehead atoms. The van der Waals surface area contributed by atoms with Gasteiger partial charge in [0, 0.05) is 29.9 Å². The minimum atomic E-state index is -1.93. The molecule has 0 spiro atoms. The van der Waals surface area contributed by atoms with Crippen molar-refractivity contribution in [1.82, 2.24) is 4.57 Å². The highest BCUT2D eigenvalue weighted by atomic mass is 19.1. The number of nitrogens with zero attached hydrogens (tertiary/aromatic N) is 1. The zero-order valence-corrected chi connectivity index (χ0v) is 31.5. The molecule has 0 radical (unpaired) electrons. The number of rotatable bonds is 12. The van der Waals surface area contributed by atoms with Crippen LogP contribution in [0.25, 0.3) is 22.4 Å². The smallest absolute Gasteiger partial charge is 0.335 e. The largest absolute Gasteiger partial charge is 0.479 e. The van der Waals surface area contributed by atoms with E-state index in [4.69, 9.17) is 18.9 Å². The summed E-state index contributed by atoms with van der Waals surface area (Å²) in [5.74, 6) is -4.48. The maximum atomic E-state index is 14.4. The average molecular weight is 775 g/mol. The Hall–Kier alpha value is -4.96. The highest BCUT2D eigenvalue weighted by molar-refractivity contribution is 6.12. The lowest BCUT2D eigenvalue weighted by molar-refractivity contribution is -0.305. The molecule has 13 nitrogen and oxygen atoms in total. The van der Waals surface area contributed by atoms with Crippen molar-refractivity contribution >= 4 is 23.5 Å². The van der Waals surface area contributed by atoms with Crippen LogP contribution in [-0.4, -0.2) is 91.5 Å². The fourth-order valence-electron chi connectivity index (χ4n) is 7.52. The van der Waals surface area contributed by atoms with Crippen LogP contribution in [0.1, 0.15) is 68.9 Å². The van der Waals surface area contributed by atoms with Crippen molar-refractivity contribution in [2.75, 3.05) is 5.32 Å². The summed E-state index contributed by atoms with van der Waals surface area (Å²) in [4.78, 5) is 39.0. The second-order valence-corrected chi connectivity index (χ2v) is 14.8. The minimum Gasteiger partial charge on any atom is -0.479 e. The molecule has 2 aliphatic heterocycles. The quantitative estimate of drug-likeness (QED) is 0.115. The molecule has 2 aliphatic rings. The Kier molecular flexibility index (Phi) is 12.4. The second kappa shape index (κ2) is 17.0. The van der Waals surface area contributed by atoms with Crippen molar-refractivity contribution in [3.8, 4) is 22.4 Å². The average Bonchev–Trinajstić information content (AvgIpc) is 3.50. The van der Waals surface area contributed by atoms with E-state index in [0.29, 0.717) is 35.3 Å². The van der Waals surface area contributed by atoms with Crippen molar-refractivity contribution in [1.29, 1.82) is 0 Å². The molecule has 298 valence electrons. The van der Waals surface area contributed by atoms with Gasteiger partial charge in [0.2, 0.25) is 6.29 Å². The topological polar surface area (TPSA) is 186 Å². The van der Waals surface area contributed by atoms with Crippen LogP contribution in [0.15, 0.2) is 84.9 Å². The van der Waals surface area contributed by atoms with Crippen molar-refractivity contribution in [3.05, 3.63) is 102 Å². The molecule has 2 fully saturated rings. The molecule has 5 N–H and O–H groups in total. The summed E-state index contributed by atoms with van der Waals surface area (Å²) in [7, 11) is 0. The SMILES string of the molecule is CC(C)c1c(C(=O)Nc2ccccc2)c(-c2ccccc2)c(-c2ccc(F)cc2)n1CC[C@@H]1C[C@H](CC(=O)O[C@@H]2O[C@H](C(=O)O)[C@@H](O)[C@H](O)[C@H]2O)OC(C)(C)O1. The number of nitrogens with one attached hydrogen (secondary N) is 1. The van der Waals surface area contributed by atoms with Crippen LogP contribution < -0.4 is 5.32 Å². The number of aromatic nitrogens is 1. The number of hydrogen-bond donors (Lipinski definition) is 5. The monoisotopic (exact) mass is 774 g/mol. The molecule has 6 rings (SSSR count). The Morgan fingerprint density at radius 3 is 2.12 bits per heavy atom. The summed E-state index contributed by atoms with van der Waals surface area (Å²) in [6.07, 6.45) is -10.4. The van der Waals surface area contributed by atoms with Crippen LogP contribution in [0.5, 0.6) is 0 Å². The van der Waals surface area contributed by atoms with Gasteiger partial charge in [-0.2, -0.15) is 0 Å². The molecule has 7 atom stereocenters. The third kappa shape index (κ3) is 9.02. The van der Waals surface area contributed by atoms with E-state index in [2.05, 4.69) is 9.88 Å². The molecule has 0 unspecified atom stereocenters. The number of carboxylic acid groups (broad SMARTS) is 1.